The maximum absolute atomic E-state index is 12.7. The van der Waals surface area contributed by atoms with E-state index in [4.69, 9.17) is 23.2 Å². The highest BCUT2D eigenvalue weighted by Crippen LogP contribution is 2.41. The summed E-state index contributed by atoms with van der Waals surface area (Å²) in [6, 6.07) is 11.2. The number of anilines is 1. The van der Waals surface area contributed by atoms with E-state index in [-0.39, 0.29) is 11.7 Å². The molecule has 4 aromatic rings. The van der Waals surface area contributed by atoms with Crippen molar-refractivity contribution in [3.05, 3.63) is 74.2 Å². The Morgan fingerprint density at radius 1 is 1.21 bits per heavy atom. The number of carbonyl (C=O) groups is 1. The lowest BCUT2D eigenvalue weighted by molar-refractivity contribution is -0.113. The lowest BCUT2D eigenvalue weighted by Crippen LogP contribution is -2.37. The quantitative estimate of drug-likeness (QED) is 0.181. The summed E-state index contributed by atoms with van der Waals surface area (Å²) in [7, 11) is 0. The molecule has 1 aliphatic rings. The first kappa shape index (κ1) is 27.6. The maximum Gasteiger partial charge on any atom is 0.234 e. The molecular formula is C27H25Cl2N7OS2. The van der Waals surface area contributed by atoms with E-state index >= 15 is 0 Å². The van der Waals surface area contributed by atoms with E-state index in [1.54, 1.807) is 34.3 Å². The van der Waals surface area contributed by atoms with Gasteiger partial charge in [-0.1, -0.05) is 52.9 Å². The molecule has 8 nitrogen and oxygen atoms in total. The first-order valence-corrected chi connectivity index (χ1v) is 14.9. The van der Waals surface area contributed by atoms with Crippen LogP contribution < -0.4 is 10.6 Å². The summed E-state index contributed by atoms with van der Waals surface area (Å²) in [4.78, 5) is 17.0. The minimum atomic E-state index is -0.416. The molecule has 1 amide bonds. The third-order valence-corrected chi connectivity index (χ3v) is 8.26. The van der Waals surface area contributed by atoms with Gasteiger partial charge in [-0.25, -0.2) is 4.98 Å². The number of thioether (sulfide) groups is 1. The Hall–Kier alpha value is -2.94. The summed E-state index contributed by atoms with van der Waals surface area (Å²) in [5.41, 5.74) is 2.75. The summed E-state index contributed by atoms with van der Waals surface area (Å²) >= 11 is 15.8. The first-order chi connectivity index (χ1) is 18.8. The molecule has 1 saturated carbocycles. The average Bonchev–Trinajstić information content (AvgIpc) is 3.42. The molecular weight excluding hydrogens is 573 g/mol. The second-order valence-corrected chi connectivity index (χ2v) is 12.3. The smallest absolute Gasteiger partial charge is 0.234 e. The second-order valence-electron chi connectivity index (χ2n) is 9.54. The fraction of sp³-hybridized carbons (Fsp3) is 0.296. The topological polar surface area (TPSA) is 97.6 Å². The van der Waals surface area contributed by atoms with Gasteiger partial charge in [0.2, 0.25) is 11.1 Å². The van der Waals surface area contributed by atoms with Crippen molar-refractivity contribution >= 4 is 57.9 Å². The van der Waals surface area contributed by atoms with Crippen LogP contribution in [0.2, 0.25) is 10.0 Å². The number of aromatic nitrogens is 5. The molecule has 2 N–H and O–H groups in total. The van der Waals surface area contributed by atoms with Crippen molar-refractivity contribution < 1.29 is 4.79 Å². The van der Waals surface area contributed by atoms with Crippen molar-refractivity contribution in [2.24, 2.45) is 0 Å². The standard InChI is InChI=1S/C27H25Cl2N7OS2/c1-27(2,31-15-25-30-11-12-38-25)10-9-17-3-7-22(20(28)13-17)32-24(37)16-39-26-33-34-35-36(26)23-8-6-19(14-21(23)29)18-4-5-18/h3,6-8,11-14,18,31H,4-5,15-16H2,1-2H3,(H,32,37). The van der Waals surface area contributed by atoms with E-state index in [9.17, 15) is 4.79 Å². The SMILES string of the molecule is CC(C)(C#Cc1ccc(NC(=O)CSc2nnnn2-c2ccc(C3CC3)cc2Cl)c(Cl)c1)NCc1nccs1. The molecule has 1 aliphatic carbocycles. The Morgan fingerprint density at radius 3 is 2.77 bits per heavy atom. The third kappa shape index (κ3) is 7.38. The molecule has 39 heavy (non-hydrogen) atoms. The molecule has 0 bridgehead atoms. The van der Waals surface area contributed by atoms with Gasteiger partial charge in [0, 0.05) is 23.7 Å². The summed E-state index contributed by atoms with van der Waals surface area (Å²) in [6.45, 7) is 4.67. The van der Waals surface area contributed by atoms with Gasteiger partial charge in [0.25, 0.3) is 0 Å². The van der Waals surface area contributed by atoms with Crippen LogP contribution in [0.3, 0.4) is 0 Å². The van der Waals surface area contributed by atoms with Gasteiger partial charge in [-0.2, -0.15) is 4.68 Å². The van der Waals surface area contributed by atoms with Crippen molar-refractivity contribution in [3.8, 4) is 17.5 Å². The number of tetrazole rings is 1. The van der Waals surface area contributed by atoms with Crippen LogP contribution in [-0.2, 0) is 11.3 Å². The van der Waals surface area contributed by atoms with E-state index in [0.717, 1.165) is 10.6 Å². The summed E-state index contributed by atoms with van der Waals surface area (Å²) in [6.07, 6.45) is 4.18. The van der Waals surface area contributed by atoms with E-state index < -0.39 is 5.54 Å². The van der Waals surface area contributed by atoms with Crippen LogP contribution in [0.15, 0.2) is 53.1 Å². The van der Waals surface area contributed by atoms with E-state index in [2.05, 4.69) is 49.1 Å². The number of amides is 1. The van der Waals surface area contributed by atoms with Crippen molar-refractivity contribution in [2.75, 3.05) is 11.1 Å². The van der Waals surface area contributed by atoms with Crippen LogP contribution in [0.25, 0.3) is 5.69 Å². The monoisotopic (exact) mass is 597 g/mol. The van der Waals surface area contributed by atoms with Gasteiger partial charge in [0.1, 0.15) is 5.01 Å². The number of nitrogens with zero attached hydrogens (tertiary/aromatic N) is 5. The van der Waals surface area contributed by atoms with Crippen LogP contribution in [-0.4, -0.2) is 42.4 Å². The Labute approximate surface area is 244 Å². The van der Waals surface area contributed by atoms with E-state index in [1.807, 2.05) is 37.4 Å². The van der Waals surface area contributed by atoms with Gasteiger partial charge in [-0.3, -0.25) is 10.1 Å². The molecule has 5 rings (SSSR count). The maximum atomic E-state index is 12.7. The fourth-order valence-electron chi connectivity index (χ4n) is 3.71. The van der Waals surface area contributed by atoms with Gasteiger partial charge in [0.15, 0.2) is 0 Å². The van der Waals surface area contributed by atoms with Crippen LogP contribution >= 0.6 is 46.3 Å². The predicted octanol–water partition coefficient (Wildman–Crippen LogP) is 5.95. The number of rotatable bonds is 9. The highest BCUT2D eigenvalue weighted by molar-refractivity contribution is 7.99. The zero-order valence-corrected chi connectivity index (χ0v) is 24.4. The lowest BCUT2D eigenvalue weighted by Gasteiger charge is -2.18. The molecule has 0 radical (unpaired) electrons. The van der Waals surface area contributed by atoms with Crippen LogP contribution in [0.1, 0.15) is 48.7 Å². The predicted molar refractivity (Wildman–Crippen MR) is 157 cm³/mol. The number of hydrogen-bond acceptors (Lipinski definition) is 8. The van der Waals surface area contributed by atoms with Crippen molar-refractivity contribution in [1.29, 1.82) is 0 Å². The molecule has 12 heteroatoms. The zero-order chi connectivity index (χ0) is 27.4. The zero-order valence-electron chi connectivity index (χ0n) is 21.2. The number of benzene rings is 2. The normalized spacial score (nSPS) is 13.1. The van der Waals surface area contributed by atoms with Crippen molar-refractivity contribution in [3.63, 3.8) is 0 Å². The highest BCUT2D eigenvalue weighted by atomic mass is 35.5. The first-order valence-electron chi connectivity index (χ1n) is 12.2. The molecule has 0 unspecified atom stereocenters. The molecule has 0 aliphatic heterocycles. The minimum absolute atomic E-state index is 0.0923. The molecule has 2 aromatic carbocycles. The van der Waals surface area contributed by atoms with Crippen molar-refractivity contribution in [2.45, 2.75) is 49.8 Å². The Morgan fingerprint density at radius 2 is 2.05 bits per heavy atom. The number of halogens is 2. The van der Waals surface area contributed by atoms with Gasteiger partial charge in [-0.15, -0.1) is 16.4 Å². The largest absolute Gasteiger partial charge is 0.324 e. The lowest BCUT2D eigenvalue weighted by atomic mass is 10.1. The van der Waals surface area contributed by atoms with Gasteiger partial charge >= 0.3 is 0 Å². The molecule has 0 saturated heterocycles. The number of thiazole rings is 1. The van der Waals surface area contributed by atoms with Crippen molar-refractivity contribution in [1.82, 2.24) is 30.5 Å². The van der Waals surface area contributed by atoms with Crippen LogP contribution in [0.4, 0.5) is 5.69 Å². The Kier molecular flexibility index (Phi) is 8.54. The average molecular weight is 599 g/mol. The van der Waals surface area contributed by atoms with Crippen LogP contribution in [0, 0.1) is 11.8 Å². The molecule has 200 valence electrons. The molecule has 0 spiro atoms. The van der Waals surface area contributed by atoms with Crippen LogP contribution in [0.5, 0.6) is 0 Å². The second kappa shape index (κ2) is 12.1. The Balaban J connectivity index is 1.17. The fourth-order valence-corrected chi connectivity index (χ4v) is 5.44. The molecule has 1 fully saturated rings. The molecule has 2 aromatic heterocycles. The summed E-state index contributed by atoms with van der Waals surface area (Å²) in [5, 5.41) is 22.5. The van der Waals surface area contributed by atoms with Gasteiger partial charge < -0.3 is 5.32 Å². The van der Waals surface area contributed by atoms with Gasteiger partial charge in [0.05, 0.1) is 32.7 Å². The minimum Gasteiger partial charge on any atom is -0.324 e. The number of nitrogens with one attached hydrogen (secondary N) is 2. The van der Waals surface area contributed by atoms with E-state index in [1.165, 1.54) is 30.2 Å². The van der Waals surface area contributed by atoms with Gasteiger partial charge in [-0.05, 0) is 78.9 Å². The van der Waals surface area contributed by atoms with E-state index in [0.29, 0.717) is 39.0 Å². The third-order valence-electron chi connectivity index (χ3n) is 5.95. The molecule has 2 heterocycles. The molecule has 0 atom stereocenters. The number of carbonyl (C=O) groups excluding carboxylic acids is 1. The summed E-state index contributed by atoms with van der Waals surface area (Å²) < 4.78 is 1.55. The summed E-state index contributed by atoms with van der Waals surface area (Å²) in [5.74, 6) is 6.83. The number of hydrogen-bond donors (Lipinski definition) is 2. The Bertz CT molecular complexity index is 1540. The highest BCUT2D eigenvalue weighted by Gasteiger charge is 2.24.